The van der Waals surface area contributed by atoms with Gasteiger partial charge in [0.25, 0.3) is 0 Å². The molecule has 0 radical (unpaired) electrons. The van der Waals surface area contributed by atoms with Gasteiger partial charge in [-0.15, -0.1) is 0 Å². The Morgan fingerprint density at radius 1 is 1.57 bits per heavy atom. The first kappa shape index (κ1) is 11.9. The van der Waals surface area contributed by atoms with Crippen molar-refractivity contribution in [2.24, 2.45) is 5.92 Å². The lowest BCUT2D eigenvalue weighted by atomic mass is 10.1. The Hall–Kier alpha value is -0.220. The maximum atomic E-state index is 12.3. The molecule has 0 aliphatic heterocycles. The molecule has 0 bridgehead atoms. The number of halogens is 3. The van der Waals surface area contributed by atoms with Crippen molar-refractivity contribution in [1.82, 2.24) is 4.90 Å². The van der Waals surface area contributed by atoms with Crippen molar-refractivity contribution in [2.75, 3.05) is 13.6 Å². The van der Waals surface area contributed by atoms with Crippen LogP contribution in [0.25, 0.3) is 0 Å². The fraction of sp³-hybridized carbons (Fsp3) is 0.889. The van der Waals surface area contributed by atoms with Gasteiger partial charge in [0.15, 0.2) is 0 Å². The fourth-order valence-corrected chi connectivity index (χ4v) is 1.58. The summed E-state index contributed by atoms with van der Waals surface area (Å²) in [4.78, 5) is 12.7. The van der Waals surface area contributed by atoms with Crippen LogP contribution in [0.1, 0.15) is 19.3 Å². The molecule has 0 aromatic carbocycles. The lowest BCUT2D eigenvalue weighted by molar-refractivity contribution is -0.120. The van der Waals surface area contributed by atoms with E-state index in [4.69, 9.17) is 11.6 Å². The van der Waals surface area contributed by atoms with Crippen molar-refractivity contribution >= 4 is 16.8 Å². The Morgan fingerprint density at radius 3 is 2.50 bits per heavy atom. The van der Waals surface area contributed by atoms with Crippen LogP contribution in [0, 0.1) is 5.92 Å². The topological polar surface area (TPSA) is 20.3 Å². The molecule has 1 fully saturated rings. The molecule has 0 aromatic rings. The van der Waals surface area contributed by atoms with Crippen LogP contribution in [0.4, 0.5) is 8.78 Å². The summed E-state index contributed by atoms with van der Waals surface area (Å²) in [6.07, 6.45) is -0.241. The molecule has 82 valence electrons. The Bertz CT molecular complexity index is 209. The Labute approximate surface area is 87.2 Å². The first-order valence-corrected chi connectivity index (χ1v) is 5.08. The van der Waals surface area contributed by atoms with Gasteiger partial charge in [-0.05, 0) is 44.5 Å². The molecule has 0 unspecified atom stereocenters. The molecule has 0 amide bonds. The SMILES string of the molecule is CN(CC[C@@H](C(=O)Cl)C(F)F)C1CC1. The first-order chi connectivity index (χ1) is 6.52. The molecule has 0 aromatic heterocycles. The Balaban J connectivity index is 2.28. The van der Waals surface area contributed by atoms with Crippen LogP contribution in [0.5, 0.6) is 0 Å². The van der Waals surface area contributed by atoms with Gasteiger partial charge in [0, 0.05) is 6.04 Å². The van der Waals surface area contributed by atoms with Crippen molar-refractivity contribution in [3.05, 3.63) is 0 Å². The van der Waals surface area contributed by atoms with Gasteiger partial charge >= 0.3 is 0 Å². The molecule has 0 heterocycles. The van der Waals surface area contributed by atoms with Crippen LogP contribution < -0.4 is 0 Å². The van der Waals surface area contributed by atoms with Crippen molar-refractivity contribution < 1.29 is 13.6 Å². The summed E-state index contributed by atoms with van der Waals surface area (Å²) in [5.41, 5.74) is 0. The summed E-state index contributed by atoms with van der Waals surface area (Å²) in [5, 5.41) is -0.927. The summed E-state index contributed by atoms with van der Waals surface area (Å²) < 4.78 is 24.6. The number of alkyl halides is 2. The van der Waals surface area contributed by atoms with Crippen LogP contribution in [0.3, 0.4) is 0 Å². The van der Waals surface area contributed by atoms with E-state index in [9.17, 15) is 13.6 Å². The third-order valence-corrected chi connectivity index (χ3v) is 2.84. The molecular formula is C9H14ClF2NO. The van der Waals surface area contributed by atoms with E-state index in [2.05, 4.69) is 0 Å². The van der Waals surface area contributed by atoms with Crippen LogP contribution in [-0.4, -0.2) is 36.2 Å². The van der Waals surface area contributed by atoms with Crippen LogP contribution in [0.2, 0.25) is 0 Å². The molecule has 1 atom stereocenters. The van der Waals surface area contributed by atoms with Crippen LogP contribution >= 0.6 is 11.6 Å². The molecule has 2 nitrogen and oxygen atoms in total. The van der Waals surface area contributed by atoms with Gasteiger partial charge in [0.05, 0.1) is 5.92 Å². The zero-order valence-corrected chi connectivity index (χ0v) is 8.81. The van der Waals surface area contributed by atoms with Gasteiger partial charge < -0.3 is 4.90 Å². The van der Waals surface area contributed by atoms with E-state index >= 15 is 0 Å². The molecule has 1 rings (SSSR count). The fourth-order valence-electron chi connectivity index (χ4n) is 1.38. The third kappa shape index (κ3) is 3.50. The molecule has 1 aliphatic rings. The lowest BCUT2D eigenvalue weighted by Crippen LogP contribution is -2.28. The van der Waals surface area contributed by atoms with Gasteiger partial charge in [-0.25, -0.2) is 8.78 Å². The zero-order valence-electron chi connectivity index (χ0n) is 8.05. The summed E-state index contributed by atoms with van der Waals surface area (Å²) in [6.45, 7) is 0.512. The second-order valence-corrected chi connectivity index (χ2v) is 4.12. The minimum atomic E-state index is -2.65. The van der Waals surface area contributed by atoms with E-state index in [-0.39, 0.29) is 6.42 Å². The lowest BCUT2D eigenvalue weighted by Gasteiger charge is -2.18. The molecule has 0 spiro atoms. The number of carbonyl (C=O) groups is 1. The number of hydrogen-bond donors (Lipinski definition) is 0. The van der Waals surface area contributed by atoms with Crippen molar-refractivity contribution in [3.8, 4) is 0 Å². The van der Waals surface area contributed by atoms with E-state index in [1.807, 2.05) is 11.9 Å². The minimum absolute atomic E-state index is 0.146. The summed E-state index contributed by atoms with van der Waals surface area (Å²) in [7, 11) is 1.89. The van der Waals surface area contributed by atoms with Gasteiger partial charge in [0.1, 0.15) is 0 Å². The maximum Gasteiger partial charge on any atom is 0.249 e. The normalized spacial score (nSPS) is 19.0. The standard InChI is InChI=1S/C9H14ClF2NO/c1-13(6-2-3-6)5-4-7(8(10)14)9(11)12/h6-7,9H,2-5H2,1H3/t7-/m0/s1. The second-order valence-electron chi connectivity index (χ2n) is 3.75. The highest BCUT2D eigenvalue weighted by Gasteiger charge is 2.30. The second kappa shape index (κ2) is 5.03. The predicted octanol–water partition coefficient (Wildman–Crippen LogP) is 2.12. The number of nitrogens with zero attached hydrogens (tertiary/aromatic N) is 1. The third-order valence-electron chi connectivity index (χ3n) is 2.56. The molecule has 5 heteroatoms. The summed E-state index contributed by atoms with van der Waals surface area (Å²) >= 11 is 5.08. The Kier molecular flexibility index (Phi) is 4.26. The first-order valence-electron chi connectivity index (χ1n) is 4.70. The average molecular weight is 226 g/mol. The summed E-state index contributed by atoms with van der Waals surface area (Å²) in [5.74, 6) is -1.31. The van der Waals surface area contributed by atoms with Gasteiger partial charge in [-0.2, -0.15) is 0 Å². The highest BCUT2D eigenvalue weighted by Crippen LogP contribution is 2.26. The monoisotopic (exact) mass is 225 g/mol. The van der Waals surface area contributed by atoms with Crippen molar-refractivity contribution in [2.45, 2.75) is 31.7 Å². The van der Waals surface area contributed by atoms with E-state index in [0.29, 0.717) is 12.6 Å². The predicted molar refractivity (Wildman–Crippen MR) is 50.6 cm³/mol. The zero-order chi connectivity index (χ0) is 10.7. The van der Waals surface area contributed by atoms with E-state index in [0.717, 1.165) is 12.8 Å². The van der Waals surface area contributed by atoms with E-state index in [1.54, 1.807) is 0 Å². The summed E-state index contributed by atoms with van der Waals surface area (Å²) in [6, 6.07) is 0.527. The molecule has 14 heavy (non-hydrogen) atoms. The minimum Gasteiger partial charge on any atom is -0.303 e. The molecule has 1 aliphatic carbocycles. The molecule has 0 N–H and O–H groups in total. The van der Waals surface area contributed by atoms with Gasteiger partial charge in [-0.3, -0.25) is 4.79 Å². The highest BCUT2D eigenvalue weighted by atomic mass is 35.5. The van der Waals surface area contributed by atoms with Crippen molar-refractivity contribution in [3.63, 3.8) is 0 Å². The Morgan fingerprint density at radius 2 is 2.14 bits per heavy atom. The van der Waals surface area contributed by atoms with Crippen molar-refractivity contribution in [1.29, 1.82) is 0 Å². The molecule has 1 saturated carbocycles. The molecule has 0 saturated heterocycles. The van der Waals surface area contributed by atoms with E-state index < -0.39 is 17.6 Å². The smallest absolute Gasteiger partial charge is 0.249 e. The average Bonchev–Trinajstić information content (AvgIpc) is 2.84. The largest absolute Gasteiger partial charge is 0.303 e. The van der Waals surface area contributed by atoms with Gasteiger partial charge in [-0.1, -0.05) is 0 Å². The maximum absolute atomic E-state index is 12.3. The number of rotatable bonds is 6. The molecular weight excluding hydrogens is 212 g/mol. The van der Waals surface area contributed by atoms with Gasteiger partial charge in [0.2, 0.25) is 11.7 Å². The number of carbonyl (C=O) groups excluding carboxylic acids is 1. The quantitative estimate of drug-likeness (QED) is 0.646. The number of hydrogen-bond acceptors (Lipinski definition) is 2. The van der Waals surface area contributed by atoms with Crippen LogP contribution in [0.15, 0.2) is 0 Å². The highest BCUT2D eigenvalue weighted by molar-refractivity contribution is 6.64. The van der Waals surface area contributed by atoms with Crippen LogP contribution in [-0.2, 0) is 4.79 Å². The van der Waals surface area contributed by atoms with E-state index in [1.165, 1.54) is 0 Å².